The third-order valence-corrected chi connectivity index (χ3v) is 13.1. The number of alkyl halides is 6. The van der Waals surface area contributed by atoms with Gasteiger partial charge in [0.2, 0.25) is 11.2 Å². The fourth-order valence-corrected chi connectivity index (χ4v) is 8.40. The lowest BCUT2D eigenvalue weighted by atomic mass is 9.82. The van der Waals surface area contributed by atoms with Crippen molar-refractivity contribution < 1.29 is 54.8 Å². The summed E-state index contributed by atoms with van der Waals surface area (Å²) in [5.74, 6) is -0.391. The lowest BCUT2D eigenvalue weighted by Crippen LogP contribution is -2.49. The van der Waals surface area contributed by atoms with Crippen molar-refractivity contribution in [2.75, 3.05) is 39.4 Å². The van der Waals surface area contributed by atoms with Crippen LogP contribution in [0.4, 0.5) is 35.1 Å². The maximum atomic E-state index is 13.9. The number of halogens is 8. The first-order valence-corrected chi connectivity index (χ1v) is 22.4. The maximum absolute atomic E-state index is 13.9. The monoisotopic (exact) mass is 978 g/mol. The molecule has 0 saturated heterocycles. The Morgan fingerprint density at radius 2 is 0.900 bits per heavy atom. The van der Waals surface area contributed by atoms with E-state index in [0.29, 0.717) is 46.8 Å². The van der Waals surface area contributed by atoms with Gasteiger partial charge in [-0.25, -0.2) is 18.7 Å². The number of aromatic nitrogens is 2. The Morgan fingerprint density at radius 3 is 1.20 bits per heavy atom. The van der Waals surface area contributed by atoms with E-state index in [2.05, 4.69) is 20.6 Å². The van der Waals surface area contributed by atoms with Crippen LogP contribution >= 0.6 is 0 Å². The van der Waals surface area contributed by atoms with Gasteiger partial charge in [-0.05, 0) is 85.6 Å². The van der Waals surface area contributed by atoms with Crippen molar-refractivity contribution in [3.05, 3.63) is 167 Å². The summed E-state index contributed by atoms with van der Waals surface area (Å²) in [6, 6.07) is 32.3. The Morgan fingerprint density at radius 1 is 0.571 bits per heavy atom. The third-order valence-electron chi connectivity index (χ3n) is 13.1. The number of hydrogen-bond donors (Lipinski definition) is 6. The SMILES string of the molecule is C[C@H](NC[C@@]1(C)COc2c1cc(C(O)(CN)C(F)(F)F)nc2-c1ccc(F)cc1)c1ccccc1.C[C@H](NC[C@]1(C)COc2c1cc(C(O)(CN)C(F)(F)F)nc2-c1ccc(F)cc1)c1ccccc1. The quantitative estimate of drug-likeness (QED) is 0.0581. The topological polar surface area (TPSA) is 161 Å². The molecule has 2 aromatic heterocycles. The molecule has 2 aliphatic heterocycles. The summed E-state index contributed by atoms with van der Waals surface area (Å²) >= 11 is 0. The van der Waals surface area contributed by atoms with Crippen molar-refractivity contribution in [3.8, 4) is 34.0 Å². The highest BCUT2D eigenvalue weighted by atomic mass is 19.4. The van der Waals surface area contributed by atoms with E-state index in [-0.39, 0.29) is 36.7 Å². The molecule has 0 radical (unpaired) electrons. The van der Waals surface area contributed by atoms with Gasteiger partial charge in [0.15, 0.2) is 0 Å². The molecule has 0 bridgehead atoms. The first kappa shape index (κ1) is 51.8. The number of ether oxygens (including phenoxy) is 2. The molecule has 18 heteroatoms. The summed E-state index contributed by atoms with van der Waals surface area (Å²) in [7, 11) is 0. The lowest BCUT2D eigenvalue weighted by Gasteiger charge is -2.31. The van der Waals surface area contributed by atoms with Crippen molar-refractivity contribution >= 4 is 0 Å². The average Bonchev–Trinajstić information content (AvgIpc) is 3.87. The number of nitrogens with two attached hydrogens (primary N) is 2. The van der Waals surface area contributed by atoms with E-state index in [1.807, 2.05) is 88.4 Å². The van der Waals surface area contributed by atoms with Crippen LogP contribution in [-0.4, -0.2) is 71.9 Å². The Bertz CT molecular complexity index is 2560. The molecular formula is C52H54F8N6O4. The van der Waals surface area contributed by atoms with Crippen LogP contribution in [0, 0.1) is 11.6 Å². The van der Waals surface area contributed by atoms with Gasteiger partial charge in [-0.2, -0.15) is 26.3 Å². The van der Waals surface area contributed by atoms with Gasteiger partial charge < -0.3 is 41.8 Å². The average molecular weight is 979 g/mol. The molecule has 8 N–H and O–H groups in total. The number of fused-ring (bicyclic) bond motifs is 2. The largest absolute Gasteiger partial charge is 0.490 e. The van der Waals surface area contributed by atoms with Crippen molar-refractivity contribution in [3.63, 3.8) is 0 Å². The van der Waals surface area contributed by atoms with Gasteiger partial charge in [0.25, 0.3) is 0 Å². The minimum atomic E-state index is -5.06. The summed E-state index contributed by atoms with van der Waals surface area (Å²) in [5.41, 5.74) is 5.34. The Hall–Kier alpha value is -6.02. The number of benzene rings is 4. The van der Waals surface area contributed by atoms with E-state index in [1.165, 1.54) is 60.7 Å². The Kier molecular flexibility index (Phi) is 14.8. The first-order valence-electron chi connectivity index (χ1n) is 22.4. The summed E-state index contributed by atoms with van der Waals surface area (Å²) in [4.78, 5) is 8.29. The Balaban J connectivity index is 0.000000206. The van der Waals surface area contributed by atoms with Gasteiger partial charge in [-0.1, -0.05) is 74.5 Å². The standard InChI is InChI=1S/2C26H27F4N3O2/c2*1-16(17-6-4-3-5-7-17)32-14-24(2)15-35-23-20(24)12-21(25(34,13-31)26(28,29)30)33-22(23)18-8-10-19(27)11-9-18/h2*3-12,16,32,34H,13-15,31H2,1-2H3/t16-,24+,25?;16-,24-,25?/m00/s1. The van der Waals surface area contributed by atoms with E-state index in [4.69, 9.17) is 20.9 Å². The van der Waals surface area contributed by atoms with E-state index >= 15 is 0 Å². The molecule has 4 heterocycles. The predicted octanol–water partition coefficient (Wildman–Crippen LogP) is 9.19. The molecular weight excluding hydrogens is 925 g/mol. The maximum Gasteiger partial charge on any atom is 0.424 e. The molecule has 0 spiro atoms. The second-order valence-electron chi connectivity index (χ2n) is 18.3. The molecule has 8 rings (SSSR count). The lowest BCUT2D eigenvalue weighted by molar-refractivity contribution is -0.263. The molecule has 0 fully saturated rings. The van der Waals surface area contributed by atoms with Crippen LogP contribution in [0.15, 0.2) is 121 Å². The minimum Gasteiger partial charge on any atom is -0.490 e. The highest BCUT2D eigenvalue weighted by molar-refractivity contribution is 5.72. The van der Waals surface area contributed by atoms with Crippen LogP contribution < -0.4 is 31.6 Å². The van der Waals surface area contributed by atoms with E-state index in [9.17, 15) is 45.3 Å². The molecule has 2 unspecified atom stereocenters. The smallest absolute Gasteiger partial charge is 0.424 e. The predicted molar refractivity (Wildman–Crippen MR) is 249 cm³/mol. The summed E-state index contributed by atoms with van der Waals surface area (Å²) in [6.07, 6.45) is -10.1. The highest BCUT2D eigenvalue weighted by Crippen LogP contribution is 2.49. The van der Waals surface area contributed by atoms with Crippen LogP contribution in [-0.2, 0) is 22.0 Å². The number of rotatable bonds is 14. The summed E-state index contributed by atoms with van der Waals surface area (Å²) < 4.78 is 122. The number of nitrogens with one attached hydrogen (secondary N) is 2. The fraction of sp³-hybridized carbons (Fsp3) is 0.346. The summed E-state index contributed by atoms with van der Waals surface area (Å²) in [6.45, 7) is 6.66. The normalized spacial score (nSPS) is 20.1. The molecule has 2 aliphatic rings. The van der Waals surface area contributed by atoms with Crippen molar-refractivity contribution in [2.24, 2.45) is 11.5 Å². The fourth-order valence-electron chi connectivity index (χ4n) is 8.40. The van der Waals surface area contributed by atoms with E-state index in [0.717, 1.165) is 11.1 Å². The van der Waals surface area contributed by atoms with Gasteiger partial charge in [-0.15, -0.1) is 0 Å². The molecule has 70 heavy (non-hydrogen) atoms. The molecule has 0 aliphatic carbocycles. The Labute approximate surface area is 400 Å². The molecule has 6 atom stereocenters. The van der Waals surface area contributed by atoms with Crippen molar-refractivity contribution in [1.82, 2.24) is 20.6 Å². The van der Waals surface area contributed by atoms with Gasteiger partial charge in [0.1, 0.15) is 34.5 Å². The van der Waals surface area contributed by atoms with E-state index in [1.54, 1.807) is 0 Å². The molecule has 4 aromatic carbocycles. The van der Waals surface area contributed by atoms with Crippen LogP contribution in [0.2, 0.25) is 0 Å². The minimum absolute atomic E-state index is 0.0221. The summed E-state index contributed by atoms with van der Waals surface area (Å²) in [5, 5.41) is 28.0. The second-order valence-corrected chi connectivity index (χ2v) is 18.3. The van der Waals surface area contributed by atoms with Crippen molar-refractivity contribution in [2.45, 2.75) is 74.2 Å². The van der Waals surface area contributed by atoms with E-state index < -0.39 is 70.5 Å². The molecule has 6 aromatic rings. The van der Waals surface area contributed by atoms with Gasteiger partial charge in [0.05, 0.1) is 24.6 Å². The van der Waals surface area contributed by atoms with Crippen LogP contribution in [0.3, 0.4) is 0 Å². The molecule has 372 valence electrons. The van der Waals surface area contributed by atoms with Crippen LogP contribution in [0.5, 0.6) is 11.5 Å². The second kappa shape index (κ2) is 20.0. The van der Waals surface area contributed by atoms with Gasteiger partial charge in [-0.3, -0.25) is 0 Å². The zero-order valence-electron chi connectivity index (χ0n) is 38.7. The number of pyridine rings is 2. The van der Waals surface area contributed by atoms with Gasteiger partial charge in [0, 0.05) is 71.3 Å². The van der Waals surface area contributed by atoms with Crippen LogP contribution in [0.25, 0.3) is 22.5 Å². The first-order chi connectivity index (χ1) is 33.0. The number of hydrogen-bond acceptors (Lipinski definition) is 10. The number of nitrogens with zero attached hydrogens (tertiary/aromatic N) is 2. The molecule has 0 saturated carbocycles. The zero-order chi connectivity index (χ0) is 50.9. The van der Waals surface area contributed by atoms with Crippen molar-refractivity contribution in [1.29, 1.82) is 0 Å². The van der Waals surface area contributed by atoms with Gasteiger partial charge >= 0.3 is 12.4 Å². The third kappa shape index (κ3) is 10.2. The van der Waals surface area contributed by atoms with Crippen LogP contribution in [0.1, 0.15) is 73.4 Å². The highest BCUT2D eigenvalue weighted by Gasteiger charge is 2.57. The zero-order valence-corrected chi connectivity index (χ0v) is 38.7. The molecule has 0 amide bonds. The molecule has 10 nitrogen and oxygen atoms in total. The number of aliphatic hydroxyl groups is 2.